The van der Waals surface area contributed by atoms with Gasteiger partial charge in [-0.3, -0.25) is 0 Å². The van der Waals surface area contributed by atoms with E-state index < -0.39 is 0 Å². The number of rotatable bonds is 2. The number of halogens is 1. The van der Waals surface area contributed by atoms with Crippen molar-refractivity contribution < 1.29 is 18.9 Å². The Kier molecular flexibility index (Phi) is 4.16. The molecule has 0 bridgehead atoms. The topological polar surface area (TPSA) is 49.0 Å². The Morgan fingerprint density at radius 3 is 2.94 bits per heavy atom. The van der Waals surface area contributed by atoms with Gasteiger partial charge in [0.1, 0.15) is 0 Å². The van der Waals surface area contributed by atoms with Gasteiger partial charge in [-0.15, -0.1) is 12.4 Å². The summed E-state index contributed by atoms with van der Waals surface area (Å²) < 4.78 is 21.5. The predicted octanol–water partition coefficient (Wildman–Crippen LogP) is 1.51. The number of ether oxygens (including phenoxy) is 4. The van der Waals surface area contributed by atoms with Gasteiger partial charge in [0.15, 0.2) is 11.5 Å². The van der Waals surface area contributed by atoms with Gasteiger partial charge < -0.3 is 24.3 Å². The first-order valence-corrected chi connectivity index (χ1v) is 5.67. The van der Waals surface area contributed by atoms with Crippen LogP contribution in [0.2, 0.25) is 0 Å². The van der Waals surface area contributed by atoms with Gasteiger partial charge >= 0.3 is 0 Å². The third-order valence-electron chi connectivity index (χ3n) is 3.00. The molecule has 1 aromatic carbocycles. The highest BCUT2D eigenvalue weighted by atomic mass is 35.5. The van der Waals surface area contributed by atoms with Crippen molar-refractivity contribution in [2.24, 2.45) is 0 Å². The molecule has 1 aromatic rings. The summed E-state index contributed by atoms with van der Waals surface area (Å²) in [6.45, 7) is 2.55. The first-order valence-electron chi connectivity index (χ1n) is 5.67. The summed E-state index contributed by atoms with van der Waals surface area (Å²) in [6.07, 6.45) is 0. The van der Waals surface area contributed by atoms with Crippen molar-refractivity contribution in [3.63, 3.8) is 0 Å². The van der Waals surface area contributed by atoms with Crippen LogP contribution in [0.4, 0.5) is 0 Å². The zero-order valence-electron chi connectivity index (χ0n) is 10.1. The van der Waals surface area contributed by atoms with Crippen LogP contribution in [0, 0.1) is 0 Å². The summed E-state index contributed by atoms with van der Waals surface area (Å²) >= 11 is 0. The minimum Gasteiger partial charge on any atom is -0.493 e. The third-order valence-corrected chi connectivity index (χ3v) is 3.00. The highest BCUT2D eigenvalue weighted by molar-refractivity contribution is 5.85. The molecule has 6 heteroatoms. The summed E-state index contributed by atoms with van der Waals surface area (Å²) in [5.41, 5.74) is 1.10. The van der Waals surface area contributed by atoms with E-state index in [1.807, 2.05) is 12.1 Å². The second kappa shape index (κ2) is 5.65. The molecule has 1 atom stereocenters. The highest BCUT2D eigenvalue weighted by Crippen LogP contribution is 2.43. The fraction of sp³-hybridized carbons (Fsp3) is 0.500. The van der Waals surface area contributed by atoms with Crippen LogP contribution in [0.25, 0.3) is 0 Å². The molecule has 1 N–H and O–H groups in total. The van der Waals surface area contributed by atoms with Gasteiger partial charge in [0.05, 0.1) is 26.4 Å². The van der Waals surface area contributed by atoms with Crippen LogP contribution in [0.1, 0.15) is 11.6 Å². The fourth-order valence-electron chi connectivity index (χ4n) is 2.13. The molecule has 1 fully saturated rings. The lowest BCUT2D eigenvalue weighted by molar-refractivity contribution is 0.0767. The van der Waals surface area contributed by atoms with Gasteiger partial charge in [-0.25, -0.2) is 0 Å². The quantitative estimate of drug-likeness (QED) is 0.885. The maximum absolute atomic E-state index is 5.45. The number of morpholine rings is 1. The summed E-state index contributed by atoms with van der Waals surface area (Å²) in [5, 5.41) is 3.40. The lowest BCUT2D eigenvalue weighted by Gasteiger charge is -2.24. The molecule has 2 aliphatic rings. The normalized spacial score (nSPS) is 21.3. The maximum atomic E-state index is 5.45. The molecular formula is C12H16ClNO4. The molecule has 0 saturated carbocycles. The number of fused-ring (bicyclic) bond motifs is 1. The van der Waals surface area contributed by atoms with E-state index in [0.717, 1.165) is 24.5 Å². The van der Waals surface area contributed by atoms with E-state index in [-0.39, 0.29) is 25.2 Å². The first kappa shape index (κ1) is 13.3. The van der Waals surface area contributed by atoms with Crippen molar-refractivity contribution >= 4 is 12.4 Å². The van der Waals surface area contributed by atoms with Crippen molar-refractivity contribution in [1.82, 2.24) is 5.32 Å². The van der Waals surface area contributed by atoms with Gasteiger partial charge in [-0.05, 0) is 17.7 Å². The molecule has 100 valence electrons. The predicted molar refractivity (Wildman–Crippen MR) is 67.9 cm³/mol. The first-order chi connectivity index (χ1) is 8.38. The zero-order valence-corrected chi connectivity index (χ0v) is 10.9. The van der Waals surface area contributed by atoms with Crippen molar-refractivity contribution in [2.45, 2.75) is 6.04 Å². The molecule has 2 heterocycles. The Bertz CT molecular complexity index is 421. The Hall–Kier alpha value is -1.17. The van der Waals surface area contributed by atoms with Crippen LogP contribution in [0.3, 0.4) is 0 Å². The monoisotopic (exact) mass is 273 g/mol. The molecule has 0 radical (unpaired) electrons. The van der Waals surface area contributed by atoms with Gasteiger partial charge in [-0.2, -0.15) is 0 Å². The molecule has 0 aromatic heterocycles. The summed E-state index contributed by atoms with van der Waals surface area (Å²) in [4.78, 5) is 0. The number of hydrogen-bond donors (Lipinski definition) is 1. The van der Waals surface area contributed by atoms with Crippen LogP contribution in [0.15, 0.2) is 12.1 Å². The summed E-state index contributed by atoms with van der Waals surface area (Å²) in [7, 11) is 1.63. The van der Waals surface area contributed by atoms with E-state index in [0.29, 0.717) is 18.1 Å². The lowest BCUT2D eigenvalue weighted by Crippen LogP contribution is -2.34. The van der Waals surface area contributed by atoms with Gasteiger partial charge in [-0.1, -0.05) is 0 Å². The van der Waals surface area contributed by atoms with Crippen molar-refractivity contribution in [2.75, 3.05) is 33.7 Å². The van der Waals surface area contributed by atoms with Crippen molar-refractivity contribution in [3.8, 4) is 17.2 Å². The number of nitrogens with one attached hydrogen (secondary N) is 1. The van der Waals surface area contributed by atoms with Crippen LogP contribution in [-0.2, 0) is 4.74 Å². The average molecular weight is 274 g/mol. The number of methoxy groups -OCH3 is 1. The van der Waals surface area contributed by atoms with Gasteiger partial charge in [0, 0.05) is 6.54 Å². The van der Waals surface area contributed by atoms with E-state index in [2.05, 4.69) is 5.32 Å². The fourth-order valence-corrected chi connectivity index (χ4v) is 2.13. The van der Waals surface area contributed by atoms with Gasteiger partial charge in [0.2, 0.25) is 12.5 Å². The van der Waals surface area contributed by atoms with Crippen molar-refractivity contribution in [1.29, 1.82) is 0 Å². The largest absolute Gasteiger partial charge is 0.493 e. The molecule has 3 rings (SSSR count). The molecule has 0 spiro atoms. The van der Waals surface area contributed by atoms with E-state index in [1.165, 1.54) is 0 Å². The van der Waals surface area contributed by atoms with E-state index in [4.69, 9.17) is 18.9 Å². The van der Waals surface area contributed by atoms with Crippen molar-refractivity contribution in [3.05, 3.63) is 17.7 Å². The Balaban J connectivity index is 0.00000120. The molecule has 1 saturated heterocycles. The maximum Gasteiger partial charge on any atom is 0.231 e. The van der Waals surface area contributed by atoms with E-state index in [1.54, 1.807) is 7.11 Å². The number of benzene rings is 1. The Morgan fingerprint density at radius 2 is 2.22 bits per heavy atom. The molecule has 18 heavy (non-hydrogen) atoms. The third kappa shape index (κ3) is 2.34. The smallest absolute Gasteiger partial charge is 0.231 e. The highest BCUT2D eigenvalue weighted by Gasteiger charge is 2.24. The molecular weight excluding hydrogens is 258 g/mol. The molecule has 0 amide bonds. The van der Waals surface area contributed by atoms with E-state index in [9.17, 15) is 0 Å². The Labute approximate surface area is 112 Å². The second-order valence-electron chi connectivity index (χ2n) is 4.04. The molecule has 0 unspecified atom stereocenters. The molecule has 5 nitrogen and oxygen atoms in total. The van der Waals surface area contributed by atoms with Crippen LogP contribution < -0.4 is 19.5 Å². The summed E-state index contributed by atoms with van der Waals surface area (Å²) in [5.74, 6) is 2.14. The van der Waals surface area contributed by atoms with Crippen LogP contribution in [0.5, 0.6) is 17.2 Å². The molecule has 2 aliphatic heterocycles. The average Bonchev–Trinajstić information content (AvgIpc) is 2.86. The Morgan fingerprint density at radius 1 is 1.33 bits per heavy atom. The number of hydrogen-bond acceptors (Lipinski definition) is 5. The van der Waals surface area contributed by atoms with E-state index >= 15 is 0 Å². The molecule has 0 aliphatic carbocycles. The second-order valence-corrected chi connectivity index (χ2v) is 4.04. The minimum absolute atomic E-state index is 0. The standard InChI is InChI=1S/C12H15NO4.ClH/c1-14-10-4-8(9-6-15-3-2-13-9)5-11-12(10)17-7-16-11;/h4-5,9,13H,2-3,6-7H2,1H3;1H/t9-;/m1./s1. The SMILES string of the molecule is COc1cc([C@H]2COCCN2)cc2c1OCO2.Cl. The summed E-state index contributed by atoms with van der Waals surface area (Å²) in [6, 6.07) is 4.14. The van der Waals surface area contributed by atoms with Crippen LogP contribution >= 0.6 is 12.4 Å². The zero-order chi connectivity index (χ0) is 11.7. The minimum atomic E-state index is 0. The lowest BCUT2D eigenvalue weighted by atomic mass is 10.1. The van der Waals surface area contributed by atoms with Crippen LogP contribution in [-0.4, -0.2) is 33.7 Å². The van der Waals surface area contributed by atoms with Gasteiger partial charge in [0.25, 0.3) is 0 Å².